The Bertz CT molecular complexity index is 705. The van der Waals surface area contributed by atoms with Gasteiger partial charge in [0.1, 0.15) is 11.5 Å². The number of aromatic amines is 1. The van der Waals surface area contributed by atoms with Crippen LogP contribution >= 0.6 is 0 Å². The Morgan fingerprint density at radius 3 is 2.86 bits per heavy atom. The molecule has 116 valence electrons. The molecule has 0 bridgehead atoms. The van der Waals surface area contributed by atoms with E-state index in [9.17, 15) is 9.59 Å². The maximum Gasteiger partial charge on any atom is 0.276 e. The molecular weight excluding hydrogens is 286 g/mol. The highest BCUT2D eigenvalue weighted by Gasteiger charge is 2.28. The van der Waals surface area contributed by atoms with Gasteiger partial charge in [0.2, 0.25) is 0 Å². The molecule has 0 radical (unpaired) electrons. The van der Waals surface area contributed by atoms with Crippen molar-refractivity contribution in [2.75, 3.05) is 13.1 Å². The molecule has 2 aromatic rings. The van der Waals surface area contributed by atoms with Gasteiger partial charge in [0.05, 0.1) is 0 Å². The zero-order valence-corrected chi connectivity index (χ0v) is 12.2. The predicted molar refractivity (Wildman–Crippen MR) is 76.2 cm³/mol. The molecule has 3 heterocycles. The molecule has 1 aliphatic rings. The van der Waals surface area contributed by atoms with Crippen LogP contribution in [0.2, 0.25) is 0 Å². The molecule has 0 saturated carbocycles. The number of primary amides is 1. The zero-order chi connectivity index (χ0) is 15.7. The molecule has 8 heteroatoms. The number of hydrogen-bond donors (Lipinski definition) is 2. The zero-order valence-electron chi connectivity index (χ0n) is 12.2. The van der Waals surface area contributed by atoms with E-state index >= 15 is 0 Å². The van der Waals surface area contributed by atoms with Crippen molar-refractivity contribution < 1.29 is 14.1 Å². The van der Waals surface area contributed by atoms with E-state index in [0.29, 0.717) is 24.5 Å². The fourth-order valence-corrected chi connectivity index (χ4v) is 2.72. The van der Waals surface area contributed by atoms with Crippen LogP contribution in [0.5, 0.6) is 0 Å². The van der Waals surface area contributed by atoms with Crippen LogP contribution in [0, 0.1) is 6.92 Å². The molecule has 22 heavy (non-hydrogen) atoms. The summed E-state index contributed by atoms with van der Waals surface area (Å²) in [4.78, 5) is 25.3. The van der Waals surface area contributed by atoms with Gasteiger partial charge >= 0.3 is 0 Å². The first-order valence-corrected chi connectivity index (χ1v) is 7.12. The van der Waals surface area contributed by atoms with Gasteiger partial charge in [-0.25, -0.2) is 0 Å². The Morgan fingerprint density at radius 2 is 2.23 bits per heavy atom. The van der Waals surface area contributed by atoms with Crippen molar-refractivity contribution in [1.29, 1.82) is 0 Å². The minimum absolute atomic E-state index is 0.103. The van der Waals surface area contributed by atoms with Crippen molar-refractivity contribution >= 4 is 11.8 Å². The first-order chi connectivity index (χ1) is 10.5. The highest BCUT2D eigenvalue weighted by Crippen LogP contribution is 2.26. The van der Waals surface area contributed by atoms with Crippen molar-refractivity contribution in [2.45, 2.75) is 25.7 Å². The summed E-state index contributed by atoms with van der Waals surface area (Å²) >= 11 is 0. The monoisotopic (exact) mass is 303 g/mol. The van der Waals surface area contributed by atoms with Crippen LogP contribution in [-0.2, 0) is 0 Å². The summed E-state index contributed by atoms with van der Waals surface area (Å²) in [6, 6.07) is 3.29. The summed E-state index contributed by atoms with van der Waals surface area (Å²) in [6.07, 6.45) is 1.79. The van der Waals surface area contributed by atoms with Gasteiger partial charge in [-0.2, -0.15) is 5.10 Å². The molecule has 0 aliphatic carbocycles. The standard InChI is InChI=1S/C14H17N5O3/c1-8-5-12(18-22-8)14(21)19-4-2-3-9(7-19)10-6-11(13(15)20)17-16-10/h5-6,9H,2-4,7H2,1H3,(H2,15,20)(H,16,17)/t9-/m1/s1. The third-order valence-corrected chi connectivity index (χ3v) is 3.85. The second kappa shape index (κ2) is 5.63. The van der Waals surface area contributed by atoms with E-state index in [0.717, 1.165) is 18.5 Å². The predicted octanol–water partition coefficient (Wildman–Crippen LogP) is 0.825. The van der Waals surface area contributed by atoms with Gasteiger partial charge in [0, 0.05) is 30.8 Å². The van der Waals surface area contributed by atoms with E-state index in [1.165, 1.54) is 0 Å². The van der Waals surface area contributed by atoms with Gasteiger partial charge in [0.25, 0.3) is 11.8 Å². The minimum atomic E-state index is -0.565. The third-order valence-electron chi connectivity index (χ3n) is 3.85. The number of amides is 2. The summed E-state index contributed by atoms with van der Waals surface area (Å²) in [7, 11) is 0. The quantitative estimate of drug-likeness (QED) is 0.870. The molecule has 3 N–H and O–H groups in total. The summed E-state index contributed by atoms with van der Waals surface area (Å²) in [6.45, 7) is 2.97. The Kier molecular flexibility index (Phi) is 3.66. The van der Waals surface area contributed by atoms with Crippen LogP contribution in [0.25, 0.3) is 0 Å². The van der Waals surface area contributed by atoms with Crippen LogP contribution in [-0.4, -0.2) is 45.2 Å². The summed E-state index contributed by atoms with van der Waals surface area (Å²) in [5.74, 6) is 0.00313. The van der Waals surface area contributed by atoms with E-state index in [-0.39, 0.29) is 17.5 Å². The van der Waals surface area contributed by atoms with Gasteiger partial charge in [-0.3, -0.25) is 14.7 Å². The second-order valence-corrected chi connectivity index (χ2v) is 5.49. The first-order valence-electron chi connectivity index (χ1n) is 7.12. The van der Waals surface area contributed by atoms with Crippen molar-refractivity contribution in [3.8, 4) is 0 Å². The molecule has 2 amide bonds. The van der Waals surface area contributed by atoms with Gasteiger partial charge in [-0.1, -0.05) is 5.16 Å². The Labute approximate surface area is 126 Å². The molecule has 8 nitrogen and oxygen atoms in total. The number of H-pyrrole nitrogens is 1. The lowest BCUT2D eigenvalue weighted by Crippen LogP contribution is -2.39. The van der Waals surface area contributed by atoms with Gasteiger partial charge in [-0.15, -0.1) is 0 Å². The number of nitrogens with zero attached hydrogens (tertiary/aromatic N) is 3. The maximum absolute atomic E-state index is 12.4. The van der Waals surface area contributed by atoms with E-state index in [2.05, 4.69) is 15.4 Å². The van der Waals surface area contributed by atoms with Gasteiger partial charge < -0.3 is 15.2 Å². The van der Waals surface area contributed by atoms with Crippen LogP contribution in [0.15, 0.2) is 16.7 Å². The molecule has 3 rings (SSSR count). The lowest BCUT2D eigenvalue weighted by atomic mass is 9.94. The normalized spacial score (nSPS) is 18.4. The Morgan fingerprint density at radius 1 is 1.41 bits per heavy atom. The number of hydrogen-bond acceptors (Lipinski definition) is 5. The average molecular weight is 303 g/mol. The Balaban J connectivity index is 1.73. The average Bonchev–Trinajstić information content (AvgIpc) is 3.15. The molecule has 1 fully saturated rings. The van der Waals surface area contributed by atoms with Crippen molar-refractivity contribution in [2.24, 2.45) is 5.73 Å². The summed E-state index contributed by atoms with van der Waals surface area (Å²) < 4.78 is 4.95. The molecular formula is C14H17N5O3. The number of nitrogens with one attached hydrogen (secondary N) is 1. The molecule has 2 aromatic heterocycles. The van der Waals surface area contributed by atoms with E-state index in [1.54, 1.807) is 24.0 Å². The van der Waals surface area contributed by atoms with E-state index < -0.39 is 5.91 Å². The number of nitrogens with two attached hydrogens (primary N) is 1. The van der Waals surface area contributed by atoms with E-state index in [4.69, 9.17) is 10.3 Å². The number of carbonyl (C=O) groups excluding carboxylic acids is 2. The van der Waals surface area contributed by atoms with Crippen LogP contribution in [0.1, 0.15) is 51.2 Å². The SMILES string of the molecule is Cc1cc(C(=O)N2CCC[C@@H](c3cc(C(N)=O)n[nH]3)C2)no1. The van der Waals surface area contributed by atoms with Crippen molar-refractivity contribution in [3.63, 3.8) is 0 Å². The number of aromatic nitrogens is 3. The largest absolute Gasteiger partial charge is 0.364 e. The smallest absolute Gasteiger partial charge is 0.276 e. The van der Waals surface area contributed by atoms with Gasteiger partial charge in [0.15, 0.2) is 5.69 Å². The van der Waals surface area contributed by atoms with Gasteiger partial charge in [-0.05, 0) is 25.8 Å². The number of likely N-dealkylation sites (tertiary alicyclic amines) is 1. The van der Waals surface area contributed by atoms with Crippen molar-refractivity contribution in [3.05, 3.63) is 35.0 Å². The maximum atomic E-state index is 12.4. The molecule has 1 saturated heterocycles. The molecule has 1 atom stereocenters. The Hall–Kier alpha value is -2.64. The number of carbonyl (C=O) groups is 2. The fourth-order valence-electron chi connectivity index (χ4n) is 2.72. The lowest BCUT2D eigenvalue weighted by molar-refractivity contribution is 0.0695. The number of aryl methyl sites for hydroxylation is 1. The second-order valence-electron chi connectivity index (χ2n) is 5.49. The van der Waals surface area contributed by atoms with Crippen LogP contribution in [0.3, 0.4) is 0 Å². The summed E-state index contributed by atoms with van der Waals surface area (Å²) in [5.41, 5.74) is 6.56. The lowest BCUT2D eigenvalue weighted by Gasteiger charge is -2.31. The highest BCUT2D eigenvalue weighted by atomic mass is 16.5. The van der Waals surface area contributed by atoms with Crippen LogP contribution < -0.4 is 5.73 Å². The number of piperidine rings is 1. The molecule has 0 spiro atoms. The summed E-state index contributed by atoms with van der Waals surface area (Å²) in [5, 5.41) is 10.5. The minimum Gasteiger partial charge on any atom is -0.364 e. The van der Waals surface area contributed by atoms with Crippen molar-refractivity contribution in [1.82, 2.24) is 20.3 Å². The third kappa shape index (κ3) is 2.72. The first kappa shape index (κ1) is 14.3. The number of rotatable bonds is 3. The topological polar surface area (TPSA) is 118 Å². The molecule has 1 aliphatic heterocycles. The molecule has 0 unspecified atom stereocenters. The fraction of sp³-hybridized carbons (Fsp3) is 0.429. The molecule has 0 aromatic carbocycles. The van der Waals surface area contributed by atoms with Crippen LogP contribution in [0.4, 0.5) is 0 Å². The van der Waals surface area contributed by atoms with E-state index in [1.807, 2.05) is 0 Å². The highest BCUT2D eigenvalue weighted by molar-refractivity contribution is 5.92.